The fourth-order valence-corrected chi connectivity index (χ4v) is 4.13. The first-order valence-electron chi connectivity index (χ1n) is 9.00. The van der Waals surface area contributed by atoms with Gasteiger partial charge in [-0.15, -0.1) is 0 Å². The first-order chi connectivity index (χ1) is 13.0. The molecule has 2 aliphatic carbocycles. The average Bonchev–Trinajstić information content (AvgIpc) is 2.96. The largest absolute Gasteiger partial charge is 0.481 e. The van der Waals surface area contributed by atoms with Gasteiger partial charge in [0.25, 0.3) is 0 Å². The van der Waals surface area contributed by atoms with Gasteiger partial charge in [-0.1, -0.05) is 48.5 Å². The highest BCUT2D eigenvalue weighted by molar-refractivity contribution is 5.79. The smallest absolute Gasteiger partial charge is 0.407 e. The predicted molar refractivity (Wildman–Crippen MR) is 98.4 cm³/mol. The zero-order valence-corrected chi connectivity index (χ0v) is 14.7. The Hall–Kier alpha value is -2.86. The average molecular weight is 367 g/mol. The van der Waals surface area contributed by atoms with Crippen LogP contribution in [0.15, 0.2) is 48.5 Å². The molecule has 2 aromatic rings. The Labute approximate surface area is 156 Å². The third kappa shape index (κ3) is 3.06. The van der Waals surface area contributed by atoms with Crippen molar-refractivity contribution in [1.29, 1.82) is 0 Å². The number of benzene rings is 2. The van der Waals surface area contributed by atoms with Gasteiger partial charge >= 0.3 is 12.1 Å². The Morgan fingerprint density at radius 1 is 1.04 bits per heavy atom. The Balaban J connectivity index is 1.40. The van der Waals surface area contributed by atoms with Gasteiger partial charge in [-0.3, -0.25) is 4.79 Å². The molecule has 6 heteroatoms. The predicted octanol–water partition coefficient (Wildman–Crippen LogP) is 2.75. The zero-order valence-electron chi connectivity index (χ0n) is 14.7. The second-order valence-electron chi connectivity index (χ2n) is 7.33. The number of carbonyl (C=O) groups is 2. The summed E-state index contributed by atoms with van der Waals surface area (Å²) in [6, 6.07) is 16.1. The molecule has 0 radical (unpaired) electrons. The third-order valence-corrected chi connectivity index (χ3v) is 5.62. The number of alkyl carbamates (subject to hydrolysis) is 1. The fraction of sp³-hybridized carbons (Fsp3) is 0.333. The number of rotatable bonds is 5. The van der Waals surface area contributed by atoms with E-state index in [2.05, 4.69) is 17.4 Å². The van der Waals surface area contributed by atoms with E-state index in [0.717, 1.165) is 22.3 Å². The molecule has 4 rings (SSSR count). The van der Waals surface area contributed by atoms with Crippen LogP contribution in [0.2, 0.25) is 0 Å². The number of ether oxygens (including phenoxy) is 1. The minimum atomic E-state index is -1.09. The molecule has 0 heterocycles. The molecule has 0 aromatic heterocycles. The van der Waals surface area contributed by atoms with Crippen LogP contribution < -0.4 is 5.32 Å². The van der Waals surface area contributed by atoms with Gasteiger partial charge < -0.3 is 20.3 Å². The first-order valence-corrected chi connectivity index (χ1v) is 9.00. The molecule has 2 aromatic carbocycles. The molecule has 0 aliphatic heterocycles. The van der Waals surface area contributed by atoms with Crippen molar-refractivity contribution in [3.8, 4) is 11.1 Å². The minimum Gasteiger partial charge on any atom is -0.481 e. The van der Waals surface area contributed by atoms with Crippen LogP contribution in [0, 0.1) is 5.41 Å². The van der Waals surface area contributed by atoms with Crippen LogP contribution in [0.4, 0.5) is 4.79 Å². The molecular formula is C21H21NO5. The molecule has 27 heavy (non-hydrogen) atoms. The van der Waals surface area contributed by atoms with Gasteiger partial charge in [-0.2, -0.15) is 0 Å². The number of aliphatic hydroxyl groups excluding tert-OH is 1. The van der Waals surface area contributed by atoms with Gasteiger partial charge in [0.05, 0.1) is 11.5 Å². The molecule has 0 saturated heterocycles. The molecule has 140 valence electrons. The SMILES string of the molecule is O=C(NCC1(C(=O)O)CC(O)C1)OCC1c2ccccc2-c2ccccc21. The number of hydrogen-bond acceptors (Lipinski definition) is 4. The number of aliphatic carboxylic acids is 1. The zero-order chi connectivity index (χ0) is 19.0. The normalized spacial score (nSPS) is 23.1. The minimum absolute atomic E-state index is 0.0397. The summed E-state index contributed by atoms with van der Waals surface area (Å²) < 4.78 is 5.40. The number of fused-ring (bicyclic) bond motifs is 3. The maximum Gasteiger partial charge on any atom is 0.407 e. The number of carboxylic acids is 1. The maximum atomic E-state index is 12.1. The lowest BCUT2D eigenvalue weighted by molar-refractivity contribution is -0.162. The van der Waals surface area contributed by atoms with E-state index >= 15 is 0 Å². The lowest BCUT2D eigenvalue weighted by Gasteiger charge is -2.41. The summed E-state index contributed by atoms with van der Waals surface area (Å²) >= 11 is 0. The van der Waals surface area contributed by atoms with E-state index in [1.165, 1.54) is 0 Å². The van der Waals surface area contributed by atoms with Crippen molar-refractivity contribution >= 4 is 12.1 Å². The third-order valence-electron chi connectivity index (χ3n) is 5.62. The molecule has 0 atom stereocenters. The highest BCUT2D eigenvalue weighted by atomic mass is 16.5. The molecular weight excluding hydrogens is 346 g/mol. The van der Waals surface area contributed by atoms with Crippen LogP contribution in [0.3, 0.4) is 0 Å². The van der Waals surface area contributed by atoms with E-state index in [1.807, 2.05) is 36.4 Å². The van der Waals surface area contributed by atoms with Gasteiger partial charge in [-0.25, -0.2) is 4.79 Å². The van der Waals surface area contributed by atoms with Crippen molar-refractivity contribution in [2.75, 3.05) is 13.2 Å². The van der Waals surface area contributed by atoms with Crippen LogP contribution in [0.5, 0.6) is 0 Å². The Morgan fingerprint density at radius 3 is 2.11 bits per heavy atom. The van der Waals surface area contributed by atoms with Crippen molar-refractivity contribution in [2.45, 2.75) is 24.9 Å². The quantitative estimate of drug-likeness (QED) is 0.755. The van der Waals surface area contributed by atoms with Crippen molar-refractivity contribution in [3.05, 3.63) is 59.7 Å². The highest BCUT2D eigenvalue weighted by Crippen LogP contribution is 2.44. The summed E-state index contributed by atoms with van der Waals surface area (Å²) in [4.78, 5) is 23.5. The first kappa shape index (κ1) is 17.5. The van der Waals surface area contributed by atoms with Crippen molar-refractivity contribution in [1.82, 2.24) is 5.32 Å². The maximum absolute atomic E-state index is 12.1. The topological polar surface area (TPSA) is 95.9 Å². The number of carboxylic acid groups (broad SMARTS) is 1. The van der Waals surface area contributed by atoms with E-state index in [1.54, 1.807) is 0 Å². The van der Waals surface area contributed by atoms with Crippen LogP contribution in [-0.4, -0.2) is 41.5 Å². The highest BCUT2D eigenvalue weighted by Gasteiger charge is 2.50. The summed E-state index contributed by atoms with van der Waals surface area (Å²) in [5, 5.41) is 21.3. The van der Waals surface area contributed by atoms with Crippen molar-refractivity contribution in [2.24, 2.45) is 5.41 Å². The van der Waals surface area contributed by atoms with Gasteiger partial charge in [0.1, 0.15) is 6.61 Å². The lowest BCUT2D eigenvalue weighted by Crippen LogP contribution is -2.53. The van der Waals surface area contributed by atoms with Crippen LogP contribution in [0.1, 0.15) is 29.9 Å². The fourth-order valence-electron chi connectivity index (χ4n) is 4.13. The Kier molecular flexibility index (Phi) is 4.36. The Bertz CT molecular complexity index is 842. The number of carbonyl (C=O) groups excluding carboxylic acids is 1. The van der Waals surface area contributed by atoms with Crippen molar-refractivity contribution in [3.63, 3.8) is 0 Å². The van der Waals surface area contributed by atoms with E-state index in [4.69, 9.17) is 4.74 Å². The van der Waals surface area contributed by atoms with Gasteiger partial charge in [0.2, 0.25) is 0 Å². The molecule has 6 nitrogen and oxygen atoms in total. The van der Waals surface area contributed by atoms with Crippen molar-refractivity contribution < 1.29 is 24.5 Å². The molecule has 1 fully saturated rings. The molecule has 2 aliphatic rings. The van der Waals surface area contributed by atoms with Crippen LogP contribution in [0.25, 0.3) is 11.1 Å². The number of hydrogen-bond donors (Lipinski definition) is 3. The molecule has 1 saturated carbocycles. The van der Waals surface area contributed by atoms with E-state index in [9.17, 15) is 19.8 Å². The van der Waals surface area contributed by atoms with E-state index in [-0.39, 0.29) is 31.9 Å². The summed E-state index contributed by atoms with van der Waals surface area (Å²) in [5.41, 5.74) is 3.45. The molecule has 0 bridgehead atoms. The summed E-state index contributed by atoms with van der Waals surface area (Å²) in [5.74, 6) is -1.05. The van der Waals surface area contributed by atoms with E-state index in [0.29, 0.717) is 0 Å². The van der Waals surface area contributed by atoms with Crippen LogP contribution in [-0.2, 0) is 9.53 Å². The summed E-state index contributed by atoms with van der Waals surface area (Å²) in [6.07, 6.45) is -0.970. The monoisotopic (exact) mass is 367 g/mol. The van der Waals surface area contributed by atoms with Gasteiger partial charge in [0, 0.05) is 12.5 Å². The van der Waals surface area contributed by atoms with Gasteiger partial charge in [0.15, 0.2) is 0 Å². The van der Waals surface area contributed by atoms with E-state index < -0.39 is 23.6 Å². The molecule has 0 spiro atoms. The van der Waals surface area contributed by atoms with Crippen LogP contribution >= 0.6 is 0 Å². The second-order valence-corrected chi connectivity index (χ2v) is 7.33. The Morgan fingerprint density at radius 2 is 1.59 bits per heavy atom. The standard InChI is InChI=1S/C21H21NO5/c23-13-9-21(10-13,19(24)25)12-22-20(26)27-11-18-16-7-3-1-5-14(16)15-6-2-4-8-17(15)18/h1-8,13,18,23H,9-12H2,(H,22,26)(H,24,25). The summed E-state index contributed by atoms with van der Waals surface area (Å²) in [6.45, 7) is 0.138. The second kappa shape index (κ2) is 6.70. The summed E-state index contributed by atoms with van der Waals surface area (Å²) in [7, 11) is 0. The van der Waals surface area contributed by atoms with Gasteiger partial charge in [-0.05, 0) is 35.1 Å². The number of amides is 1. The molecule has 3 N–H and O–H groups in total. The molecule has 0 unspecified atom stereocenters. The lowest BCUT2D eigenvalue weighted by atomic mass is 9.67. The number of aliphatic hydroxyl groups is 1. The number of nitrogens with one attached hydrogen (secondary N) is 1. The molecule has 1 amide bonds.